The predicted molar refractivity (Wildman–Crippen MR) is 171 cm³/mol. The number of hydrogen-bond donors (Lipinski definition) is 0. The van der Waals surface area contributed by atoms with Crippen LogP contribution in [0.15, 0.2) is 146 Å². The minimum absolute atomic E-state index is 0.311. The van der Waals surface area contributed by atoms with Gasteiger partial charge in [0.2, 0.25) is 0 Å². The highest BCUT2D eigenvalue weighted by atomic mass is 16.5. The third-order valence-corrected chi connectivity index (χ3v) is 8.67. The largest absolute Gasteiger partial charge is 0.497 e. The third-order valence-electron chi connectivity index (χ3n) is 8.67. The third kappa shape index (κ3) is 6.04. The Kier molecular flexibility index (Phi) is 8.79. The van der Waals surface area contributed by atoms with Gasteiger partial charge in [-0.05, 0) is 58.8 Å². The van der Waals surface area contributed by atoms with Gasteiger partial charge in [-0.25, -0.2) is 0 Å². The molecule has 0 spiro atoms. The van der Waals surface area contributed by atoms with Gasteiger partial charge in [0.05, 0.1) is 13.7 Å². The maximum atomic E-state index is 7.37. The molecule has 0 N–H and O–H groups in total. The molecule has 1 aliphatic heterocycles. The van der Waals surface area contributed by atoms with E-state index in [0.29, 0.717) is 18.4 Å². The van der Waals surface area contributed by atoms with Gasteiger partial charge in [-0.2, -0.15) is 0 Å². The zero-order valence-electron chi connectivity index (χ0n) is 24.3. The Bertz CT molecular complexity index is 1410. The number of rotatable bonds is 10. The van der Waals surface area contributed by atoms with Crippen molar-refractivity contribution < 1.29 is 9.47 Å². The molecule has 3 nitrogen and oxygen atoms in total. The van der Waals surface area contributed by atoms with E-state index in [1.54, 1.807) is 7.11 Å². The smallest absolute Gasteiger partial charge is 0.143 e. The van der Waals surface area contributed by atoms with E-state index in [1.807, 2.05) is 0 Å². The van der Waals surface area contributed by atoms with Crippen molar-refractivity contribution in [3.63, 3.8) is 0 Å². The zero-order valence-corrected chi connectivity index (χ0v) is 24.3. The molecule has 6 rings (SSSR count). The van der Waals surface area contributed by atoms with Gasteiger partial charge >= 0.3 is 0 Å². The van der Waals surface area contributed by atoms with Gasteiger partial charge in [0.1, 0.15) is 11.4 Å². The molecule has 5 aromatic carbocycles. The van der Waals surface area contributed by atoms with Gasteiger partial charge in [-0.3, -0.25) is 4.90 Å². The van der Waals surface area contributed by atoms with Gasteiger partial charge < -0.3 is 9.47 Å². The highest BCUT2D eigenvalue weighted by Crippen LogP contribution is 2.43. The monoisotopic (exact) mass is 553 g/mol. The Morgan fingerprint density at radius 3 is 1.64 bits per heavy atom. The standard InChI is InChI=1S/C39H39NO2/c1-41-37-24-22-32(23-25-37)38-26-27-40(28-31-14-6-2-7-15-31)29-33(38)30-42-39(34-16-8-3-9-17-34,35-18-10-4-11-19-35)36-20-12-5-13-21-36/h2-25,33,38H,26-30H2,1H3. The molecule has 42 heavy (non-hydrogen) atoms. The molecule has 1 fully saturated rings. The number of likely N-dealkylation sites (tertiary alicyclic amines) is 1. The Morgan fingerprint density at radius 2 is 1.14 bits per heavy atom. The van der Waals surface area contributed by atoms with Crippen molar-refractivity contribution in [2.75, 3.05) is 26.8 Å². The van der Waals surface area contributed by atoms with E-state index in [1.165, 1.54) is 11.1 Å². The van der Waals surface area contributed by atoms with Crippen LogP contribution in [0.2, 0.25) is 0 Å². The van der Waals surface area contributed by atoms with Crippen molar-refractivity contribution in [2.45, 2.75) is 24.5 Å². The first-order valence-electron chi connectivity index (χ1n) is 15.0. The Hall–Kier alpha value is -4.18. The Labute approximate surface area is 250 Å². The number of methoxy groups -OCH3 is 1. The van der Waals surface area contributed by atoms with Crippen molar-refractivity contribution in [1.82, 2.24) is 4.90 Å². The summed E-state index contributed by atoms with van der Waals surface area (Å²) in [7, 11) is 1.73. The van der Waals surface area contributed by atoms with Crippen LogP contribution in [0.1, 0.15) is 40.2 Å². The first-order chi connectivity index (χ1) is 20.8. The summed E-state index contributed by atoms with van der Waals surface area (Å²) in [6.45, 7) is 3.61. The molecule has 1 aliphatic rings. The fraction of sp³-hybridized carbons (Fsp3) is 0.231. The van der Waals surface area contributed by atoms with Gasteiger partial charge in [0, 0.05) is 19.0 Å². The van der Waals surface area contributed by atoms with Crippen molar-refractivity contribution in [3.8, 4) is 5.75 Å². The van der Waals surface area contributed by atoms with Crippen LogP contribution in [0.25, 0.3) is 0 Å². The summed E-state index contributed by atoms with van der Waals surface area (Å²) in [5.41, 5.74) is 5.40. The molecular weight excluding hydrogens is 514 g/mol. The fourth-order valence-corrected chi connectivity index (χ4v) is 6.55. The van der Waals surface area contributed by atoms with Crippen molar-refractivity contribution in [1.29, 1.82) is 0 Å². The van der Waals surface area contributed by atoms with Crippen molar-refractivity contribution >= 4 is 0 Å². The summed E-state index contributed by atoms with van der Waals surface area (Å²) in [5.74, 6) is 1.60. The average Bonchev–Trinajstić information content (AvgIpc) is 3.07. The van der Waals surface area contributed by atoms with E-state index in [-0.39, 0.29) is 0 Å². The molecule has 5 aromatic rings. The lowest BCUT2D eigenvalue weighted by molar-refractivity contribution is -0.0293. The van der Waals surface area contributed by atoms with E-state index >= 15 is 0 Å². The zero-order chi connectivity index (χ0) is 28.6. The summed E-state index contributed by atoms with van der Waals surface area (Å²) in [6.07, 6.45) is 1.09. The number of benzene rings is 5. The molecule has 0 saturated carbocycles. The molecule has 0 bridgehead atoms. The van der Waals surface area contributed by atoms with Gasteiger partial charge in [0.25, 0.3) is 0 Å². The Balaban J connectivity index is 1.37. The van der Waals surface area contributed by atoms with Gasteiger partial charge in [-0.1, -0.05) is 133 Å². The highest BCUT2D eigenvalue weighted by Gasteiger charge is 2.40. The van der Waals surface area contributed by atoms with E-state index in [0.717, 1.165) is 48.5 Å². The molecule has 212 valence electrons. The van der Waals surface area contributed by atoms with Crippen LogP contribution in [-0.4, -0.2) is 31.7 Å². The lowest BCUT2D eigenvalue weighted by Crippen LogP contribution is -2.43. The summed E-state index contributed by atoms with van der Waals surface area (Å²) in [4.78, 5) is 2.60. The van der Waals surface area contributed by atoms with Crippen molar-refractivity contribution in [2.24, 2.45) is 5.92 Å². The molecule has 2 unspecified atom stereocenters. The highest BCUT2D eigenvalue weighted by molar-refractivity contribution is 5.47. The second-order valence-corrected chi connectivity index (χ2v) is 11.2. The van der Waals surface area contributed by atoms with Crippen LogP contribution in [0.5, 0.6) is 5.75 Å². The summed E-state index contributed by atoms with van der Waals surface area (Å²) in [6, 6.07) is 51.6. The molecule has 0 radical (unpaired) electrons. The SMILES string of the molecule is COc1ccc(C2CCN(Cc3ccccc3)CC2COC(c2ccccc2)(c2ccccc2)c2ccccc2)cc1. The number of piperidine rings is 1. The van der Waals surface area contributed by atoms with Gasteiger partial charge in [0.15, 0.2) is 0 Å². The first-order valence-corrected chi connectivity index (χ1v) is 15.0. The first kappa shape index (κ1) is 28.0. The average molecular weight is 554 g/mol. The summed E-state index contributed by atoms with van der Waals surface area (Å²) >= 11 is 0. The lowest BCUT2D eigenvalue weighted by atomic mass is 9.78. The maximum absolute atomic E-state index is 7.37. The molecular formula is C39H39NO2. The molecule has 0 aromatic heterocycles. The van der Waals surface area contributed by atoms with Crippen LogP contribution >= 0.6 is 0 Å². The molecule has 0 aliphatic carbocycles. The summed E-state index contributed by atoms with van der Waals surface area (Å²) in [5, 5.41) is 0. The van der Waals surface area contributed by atoms with Crippen LogP contribution in [0.4, 0.5) is 0 Å². The predicted octanol–water partition coefficient (Wildman–Crippen LogP) is 8.31. The minimum atomic E-state index is -0.726. The number of nitrogens with zero attached hydrogens (tertiary/aromatic N) is 1. The number of hydrogen-bond acceptors (Lipinski definition) is 3. The molecule has 2 atom stereocenters. The van der Waals surface area contributed by atoms with Crippen LogP contribution in [0.3, 0.4) is 0 Å². The lowest BCUT2D eigenvalue weighted by Gasteiger charge is -2.42. The van der Waals surface area contributed by atoms with Crippen molar-refractivity contribution in [3.05, 3.63) is 173 Å². The summed E-state index contributed by atoms with van der Waals surface area (Å²) < 4.78 is 12.8. The maximum Gasteiger partial charge on any atom is 0.143 e. The van der Waals surface area contributed by atoms with E-state index in [2.05, 4.69) is 150 Å². The van der Waals surface area contributed by atoms with Gasteiger partial charge in [-0.15, -0.1) is 0 Å². The quantitative estimate of drug-likeness (QED) is 0.162. The number of ether oxygens (including phenoxy) is 2. The van der Waals surface area contributed by atoms with Crippen LogP contribution < -0.4 is 4.74 Å². The fourth-order valence-electron chi connectivity index (χ4n) is 6.55. The molecule has 0 amide bonds. The van der Waals surface area contributed by atoms with E-state index < -0.39 is 5.60 Å². The molecule has 3 heteroatoms. The molecule has 1 saturated heterocycles. The van der Waals surface area contributed by atoms with E-state index in [4.69, 9.17) is 9.47 Å². The second kappa shape index (κ2) is 13.2. The topological polar surface area (TPSA) is 21.7 Å². The minimum Gasteiger partial charge on any atom is -0.497 e. The van der Waals surface area contributed by atoms with E-state index in [9.17, 15) is 0 Å². The second-order valence-electron chi connectivity index (χ2n) is 11.2. The van der Waals surface area contributed by atoms with Crippen LogP contribution in [0, 0.1) is 5.92 Å². The normalized spacial score (nSPS) is 17.5. The molecule has 1 heterocycles. The Morgan fingerprint density at radius 1 is 0.643 bits per heavy atom. The van der Waals surface area contributed by atoms with Crippen LogP contribution in [-0.2, 0) is 16.9 Å².